The van der Waals surface area contributed by atoms with Gasteiger partial charge in [0.15, 0.2) is 0 Å². The SMILES string of the molecule is c1ccc2c(c1)CC1=C(COOC1)C2. The minimum atomic E-state index is 0.643. The Labute approximate surface area is 83.1 Å². The highest BCUT2D eigenvalue weighted by molar-refractivity contribution is 5.41. The molecule has 0 spiro atoms. The first-order valence-corrected chi connectivity index (χ1v) is 4.94. The number of hydrogen-bond acceptors (Lipinski definition) is 2. The van der Waals surface area contributed by atoms with Crippen molar-refractivity contribution in [1.29, 1.82) is 0 Å². The van der Waals surface area contributed by atoms with Crippen molar-refractivity contribution in [1.82, 2.24) is 0 Å². The van der Waals surface area contributed by atoms with Crippen molar-refractivity contribution >= 4 is 0 Å². The summed E-state index contributed by atoms with van der Waals surface area (Å²) >= 11 is 0. The van der Waals surface area contributed by atoms with Crippen molar-refractivity contribution in [2.45, 2.75) is 12.8 Å². The molecule has 3 rings (SSSR count). The van der Waals surface area contributed by atoms with E-state index < -0.39 is 0 Å². The molecule has 0 aromatic heterocycles. The zero-order valence-electron chi connectivity index (χ0n) is 7.95. The predicted molar refractivity (Wildman–Crippen MR) is 52.8 cm³/mol. The summed E-state index contributed by atoms with van der Waals surface area (Å²) in [4.78, 5) is 9.99. The van der Waals surface area contributed by atoms with Crippen LogP contribution in [0, 0.1) is 0 Å². The standard InChI is InChI=1S/C12H12O2/c1-2-4-10-6-12-8-14-13-7-11(12)5-9(10)3-1/h1-4H,5-8H2. The Bertz CT molecular complexity index is 356. The van der Waals surface area contributed by atoms with Gasteiger partial charge in [0.2, 0.25) is 0 Å². The van der Waals surface area contributed by atoms with Gasteiger partial charge in [-0.3, -0.25) is 0 Å². The molecule has 1 aromatic rings. The third-order valence-corrected chi connectivity index (χ3v) is 2.98. The molecule has 0 amide bonds. The molecule has 2 nitrogen and oxygen atoms in total. The van der Waals surface area contributed by atoms with Crippen LogP contribution in [0.2, 0.25) is 0 Å². The molecule has 2 aliphatic rings. The van der Waals surface area contributed by atoms with Gasteiger partial charge < -0.3 is 0 Å². The van der Waals surface area contributed by atoms with E-state index in [1.54, 1.807) is 0 Å². The second-order valence-electron chi connectivity index (χ2n) is 3.85. The minimum absolute atomic E-state index is 0.643. The Hall–Kier alpha value is -1.12. The van der Waals surface area contributed by atoms with Gasteiger partial charge in [-0.15, -0.1) is 0 Å². The van der Waals surface area contributed by atoms with Crippen molar-refractivity contribution in [3.8, 4) is 0 Å². The maximum Gasteiger partial charge on any atom is 0.104 e. The van der Waals surface area contributed by atoms with E-state index in [0.29, 0.717) is 13.2 Å². The van der Waals surface area contributed by atoms with Gasteiger partial charge in [0.05, 0.1) is 0 Å². The van der Waals surface area contributed by atoms with Gasteiger partial charge in [-0.2, -0.15) is 0 Å². The zero-order valence-corrected chi connectivity index (χ0v) is 7.95. The highest BCUT2D eigenvalue weighted by Crippen LogP contribution is 2.28. The monoisotopic (exact) mass is 188 g/mol. The van der Waals surface area contributed by atoms with Crippen LogP contribution in [0.5, 0.6) is 0 Å². The van der Waals surface area contributed by atoms with Gasteiger partial charge in [0, 0.05) is 0 Å². The molecule has 0 saturated carbocycles. The van der Waals surface area contributed by atoms with Crippen LogP contribution in [0.25, 0.3) is 0 Å². The zero-order chi connectivity index (χ0) is 9.38. The van der Waals surface area contributed by atoms with E-state index in [9.17, 15) is 0 Å². The number of benzene rings is 1. The lowest BCUT2D eigenvalue weighted by Crippen LogP contribution is -2.20. The highest BCUT2D eigenvalue weighted by Gasteiger charge is 2.20. The molecule has 0 bridgehead atoms. The summed E-state index contributed by atoms with van der Waals surface area (Å²) in [6.45, 7) is 1.29. The van der Waals surface area contributed by atoms with Crippen LogP contribution in [0.3, 0.4) is 0 Å². The first-order chi connectivity index (χ1) is 6.93. The lowest BCUT2D eigenvalue weighted by molar-refractivity contribution is -0.289. The average molecular weight is 188 g/mol. The maximum atomic E-state index is 5.00. The molecule has 0 N–H and O–H groups in total. The molecule has 1 heterocycles. The van der Waals surface area contributed by atoms with Gasteiger partial charge in [-0.05, 0) is 35.1 Å². The van der Waals surface area contributed by atoms with Crippen LogP contribution in [-0.2, 0) is 22.6 Å². The molecule has 0 saturated heterocycles. The Balaban J connectivity index is 1.99. The summed E-state index contributed by atoms with van der Waals surface area (Å²) in [6, 6.07) is 8.61. The molecule has 0 atom stereocenters. The van der Waals surface area contributed by atoms with Gasteiger partial charge in [0.1, 0.15) is 13.2 Å². The molecule has 0 fully saturated rings. The fourth-order valence-corrected chi connectivity index (χ4v) is 2.14. The first-order valence-electron chi connectivity index (χ1n) is 4.94. The van der Waals surface area contributed by atoms with E-state index in [4.69, 9.17) is 9.78 Å². The number of rotatable bonds is 0. The Morgan fingerprint density at radius 2 is 1.29 bits per heavy atom. The maximum absolute atomic E-state index is 5.00. The van der Waals surface area contributed by atoms with Crippen LogP contribution < -0.4 is 0 Å². The predicted octanol–water partition coefficient (Wildman–Crippen LogP) is 2.04. The summed E-state index contributed by atoms with van der Waals surface area (Å²) in [5, 5.41) is 0. The summed E-state index contributed by atoms with van der Waals surface area (Å²) in [5.41, 5.74) is 5.71. The van der Waals surface area contributed by atoms with Crippen LogP contribution >= 0.6 is 0 Å². The molecule has 0 unspecified atom stereocenters. The van der Waals surface area contributed by atoms with E-state index in [1.807, 2.05) is 0 Å². The van der Waals surface area contributed by atoms with E-state index in [1.165, 1.54) is 22.3 Å². The van der Waals surface area contributed by atoms with Crippen molar-refractivity contribution in [2.75, 3.05) is 13.2 Å². The van der Waals surface area contributed by atoms with Crippen LogP contribution in [0.1, 0.15) is 11.1 Å². The Morgan fingerprint density at radius 1 is 0.786 bits per heavy atom. The van der Waals surface area contributed by atoms with E-state index in [-0.39, 0.29) is 0 Å². The van der Waals surface area contributed by atoms with Crippen molar-refractivity contribution in [3.63, 3.8) is 0 Å². The largest absolute Gasteiger partial charge is 0.232 e. The van der Waals surface area contributed by atoms with Gasteiger partial charge in [-0.25, -0.2) is 9.78 Å². The third kappa shape index (κ3) is 1.27. The molecule has 1 aliphatic carbocycles. The summed E-state index contributed by atoms with van der Waals surface area (Å²) in [6.07, 6.45) is 2.07. The van der Waals surface area contributed by atoms with Crippen molar-refractivity contribution in [3.05, 3.63) is 46.5 Å². The van der Waals surface area contributed by atoms with Gasteiger partial charge in [-0.1, -0.05) is 24.3 Å². The third-order valence-electron chi connectivity index (χ3n) is 2.98. The van der Waals surface area contributed by atoms with Crippen molar-refractivity contribution < 1.29 is 9.78 Å². The average Bonchev–Trinajstić information content (AvgIpc) is 2.26. The lowest BCUT2D eigenvalue weighted by atomic mass is 9.86. The fraction of sp³-hybridized carbons (Fsp3) is 0.333. The molecule has 1 aliphatic heterocycles. The molecular formula is C12H12O2. The fourth-order valence-electron chi connectivity index (χ4n) is 2.14. The van der Waals surface area contributed by atoms with Crippen LogP contribution in [0.4, 0.5) is 0 Å². The normalized spacial score (nSPS) is 20.3. The topological polar surface area (TPSA) is 18.5 Å². The molecule has 72 valence electrons. The van der Waals surface area contributed by atoms with E-state index >= 15 is 0 Å². The van der Waals surface area contributed by atoms with E-state index in [0.717, 1.165) is 12.8 Å². The van der Waals surface area contributed by atoms with Gasteiger partial charge >= 0.3 is 0 Å². The lowest BCUT2D eigenvalue weighted by Gasteiger charge is -2.25. The molecule has 14 heavy (non-hydrogen) atoms. The van der Waals surface area contributed by atoms with Crippen molar-refractivity contribution in [2.24, 2.45) is 0 Å². The van der Waals surface area contributed by atoms with Gasteiger partial charge in [0.25, 0.3) is 0 Å². The highest BCUT2D eigenvalue weighted by atomic mass is 17.2. The van der Waals surface area contributed by atoms with E-state index in [2.05, 4.69) is 24.3 Å². The first kappa shape index (κ1) is 8.21. The Kier molecular flexibility index (Phi) is 1.89. The summed E-state index contributed by atoms with van der Waals surface area (Å²) < 4.78 is 0. The van der Waals surface area contributed by atoms with Crippen LogP contribution in [-0.4, -0.2) is 13.2 Å². The summed E-state index contributed by atoms with van der Waals surface area (Å²) in [5.74, 6) is 0. The Morgan fingerprint density at radius 3 is 1.79 bits per heavy atom. The smallest absolute Gasteiger partial charge is 0.104 e. The molecule has 1 aromatic carbocycles. The second kappa shape index (κ2) is 3.23. The second-order valence-corrected chi connectivity index (χ2v) is 3.85. The number of fused-ring (bicyclic) bond motifs is 1. The summed E-state index contributed by atoms with van der Waals surface area (Å²) in [7, 11) is 0. The quantitative estimate of drug-likeness (QED) is 0.458. The molecule has 0 radical (unpaired) electrons. The molecular weight excluding hydrogens is 176 g/mol. The molecule has 2 heteroatoms. The number of hydrogen-bond donors (Lipinski definition) is 0. The van der Waals surface area contributed by atoms with Crippen LogP contribution in [0.15, 0.2) is 35.4 Å². The minimum Gasteiger partial charge on any atom is -0.232 e.